The summed E-state index contributed by atoms with van der Waals surface area (Å²) in [5.74, 6) is 0.632. The number of aromatic nitrogens is 1. The highest BCUT2D eigenvalue weighted by Gasteiger charge is 2.29. The molecule has 5 nitrogen and oxygen atoms in total. The van der Waals surface area contributed by atoms with E-state index in [9.17, 15) is 9.18 Å². The number of hydrogen-bond acceptors (Lipinski definition) is 4. The van der Waals surface area contributed by atoms with Crippen molar-refractivity contribution in [2.75, 3.05) is 13.1 Å². The third kappa shape index (κ3) is 3.12. The largest absolute Gasteiger partial charge is 0.441 e. The monoisotopic (exact) mass is 317 g/mol. The number of nitrogens with zero attached hydrogens (tertiary/aromatic N) is 2. The average Bonchev–Trinajstić information content (AvgIpc) is 2.89. The Kier molecular flexibility index (Phi) is 4.43. The van der Waals surface area contributed by atoms with Gasteiger partial charge < -0.3 is 9.73 Å². The van der Waals surface area contributed by atoms with Gasteiger partial charge in [-0.15, -0.1) is 0 Å². The van der Waals surface area contributed by atoms with Crippen molar-refractivity contribution in [2.45, 2.75) is 32.9 Å². The van der Waals surface area contributed by atoms with Crippen molar-refractivity contribution in [2.24, 2.45) is 0 Å². The van der Waals surface area contributed by atoms with E-state index in [0.29, 0.717) is 24.4 Å². The standard InChI is InChI=1S/C17H20FN3O2/c1-3-15-16(22)19-8-9-21(15)10-14-11(2)23-17(20-14)12-6-4-5-7-13(12)18/h4-7,15H,3,8-10H2,1-2H3,(H,19,22). The van der Waals surface area contributed by atoms with Crippen LogP contribution in [0.5, 0.6) is 0 Å². The van der Waals surface area contributed by atoms with Crippen LogP contribution in [0.2, 0.25) is 0 Å². The molecule has 0 saturated carbocycles. The number of carbonyl (C=O) groups is 1. The van der Waals surface area contributed by atoms with Crippen LogP contribution in [0.15, 0.2) is 28.7 Å². The van der Waals surface area contributed by atoms with Crippen LogP contribution in [0.1, 0.15) is 24.8 Å². The molecule has 23 heavy (non-hydrogen) atoms. The maximum Gasteiger partial charge on any atom is 0.237 e. The van der Waals surface area contributed by atoms with Crippen molar-refractivity contribution in [1.29, 1.82) is 0 Å². The smallest absolute Gasteiger partial charge is 0.237 e. The molecule has 1 saturated heterocycles. The number of amides is 1. The van der Waals surface area contributed by atoms with Crippen molar-refractivity contribution in [3.05, 3.63) is 41.5 Å². The molecule has 1 N–H and O–H groups in total. The first kappa shape index (κ1) is 15.7. The number of benzene rings is 1. The number of piperazine rings is 1. The molecule has 1 atom stereocenters. The van der Waals surface area contributed by atoms with Crippen molar-refractivity contribution in [3.8, 4) is 11.5 Å². The van der Waals surface area contributed by atoms with E-state index in [4.69, 9.17) is 4.42 Å². The second kappa shape index (κ2) is 6.50. The lowest BCUT2D eigenvalue weighted by Gasteiger charge is -2.33. The average molecular weight is 317 g/mol. The summed E-state index contributed by atoms with van der Waals surface area (Å²) < 4.78 is 19.5. The normalized spacial score (nSPS) is 18.9. The molecular weight excluding hydrogens is 297 g/mol. The Morgan fingerprint density at radius 2 is 2.22 bits per heavy atom. The van der Waals surface area contributed by atoms with Crippen LogP contribution in [0.25, 0.3) is 11.5 Å². The number of nitrogens with one attached hydrogen (secondary N) is 1. The maximum absolute atomic E-state index is 13.9. The minimum absolute atomic E-state index is 0.0502. The molecule has 0 radical (unpaired) electrons. The fraction of sp³-hybridized carbons (Fsp3) is 0.412. The van der Waals surface area contributed by atoms with Crippen molar-refractivity contribution < 1.29 is 13.6 Å². The Labute approximate surface area is 134 Å². The molecule has 0 bridgehead atoms. The molecule has 0 aliphatic carbocycles. The first-order chi connectivity index (χ1) is 11.1. The fourth-order valence-corrected chi connectivity index (χ4v) is 2.91. The van der Waals surface area contributed by atoms with E-state index in [-0.39, 0.29) is 23.7 Å². The van der Waals surface area contributed by atoms with Gasteiger partial charge in [0.05, 0.1) is 17.3 Å². The highest BCUT2D eigenvalue weighted by atomic mass is 19.1. The maximum atomic E-state index is 13.9. The Bertz CT molecular complexity index is 714. The summed E-state index contributed by atoms with van der Waals surface area (Å²) in [5, 5.41) is 2.88. The minimum atomic E-state index is -0.357. The van der Waals surface area contributed by atoms with Crippen molar-refractivity contribution in [1.82, 2.24) is 15.2 Å². The van der Waals surface area contributed by atoms with Crippen LogP contribution in [0, 0.1) is 12.7 Å². The van der Waals surface area contributed by atoms with Crippen LogP contribution in [0.4, 0.5) is 4.39 Å². The molecule has 122 valence electrons. The van der Waals surface area contributed by atoms with E-state index < -0.39 is 0 Å². The molecule has 0 spiro atoms. The molecule has 6 heteroatoms. The highest BCUT2D eigenvalue weighted by Crippen LogP contribution is 2.25. The van der Waals surface area contributed by atoms with Gasteiger partial charge >= 0.3 is 0 Å². The molecule has 2 heterocycles. The van der Waals surface area contributed by atoms with Gasteiger partial charge in [0.2, 0.25) is 11.8 Å². The molecule has 1 aliphatic rings. The Morgan fingerprint density at radius 1 is 1.43 bits per heavy atom. The summed E-state index contributed by atoms with van der Waals surface area (Å²) in [6, 6.07) is 6.26. The lowest BCUT2D eigenvalue weighted by atomic mass is 10.1. The second-order valence-corrected chi connectivity index (χ2v) is 5.69. The molecule has 1 aromatic heterocycles. The number of aryl methyl sites for hydroxylation is 1. The second-order valence-electron chi connectivity index (χ2n) is 5.69. The van der Waals surface area contributed by atoms with E-state index in [2.05, 4.69) is 15.2 Å². The lowest BCUT2D eigenvalue weighted by Crippen LogP contribution is -2.54. The first-order valence-electron chi connectivity index (χ1n) is 7.83. The summed E-state index contributed by atoms with van der Waals surface area (Å²) >= 11 is 0. The van der Waals surface area contributed by atoms with E-state index >= 15 is 0 Å². The molecule has 1 aromatic carbocycles. The van der Waals surface area contributed by atoms with E-state index in [0.717, 1.165) is 18.7 Å². The summed E-state index contributed by atoms with van der Waals surface area (Å²) in [4.78, 5) is 18.5. The highest BCUT2D eigenvalue weighted by molar-refractivity contribution is 5.82. The predicted octanol–water partition coefficient (Wildman–Crippen LogP) is 2.50. The Morgan fingerprint density at radius 3 is 2.96 bits per heavy atom. The van der Waals surface area contributed by atoms with Gasteiger partial charge in [-0.2, -0.15) is 0 Å². The van der Waals surface area contributed by atoms with E-state index in [1.54, 1.807) is 18.2 Å². The van der Waals surface area contributed by atoms with Gasteiger partial charge in [-0.3, -0.25) is 9.69 Å². The van der Waals surface area contributed by atoms with Crippen LogP contribution in [0.3, 0.4) is 0 Å². The van der Waals surface area contributed by atoms with Crippen LogP contribution >= 0.6 is 0 Å². The van der Waals surface area contributed by atoms with Gasteiger partial charge in [0.25, 0.3) is 0 Å². The third-order valence-electron chi connectivity index (χ3n) is 4.18. The zero-order valence-electron chi connectivity index (χ0n) is 13.3. The summed E-state index contributed by atoms with van der Waals surface area (Å²) in [6.07, 6.45) is 0.739. The number of halogens is 1. The number of oxazole rings is 1. The molecule has 1 aliphatic heterocycles. The Hall–Kier alpha value is -2.21. The molecule has 1 fully saturated rings. The van der Waals surface area contributed by atoms with Crippen LogP contribution in [-0.4, -0.2) is 34.9 Å². The molecule has 1 unspecified atom stereocenters. The van der Waals surface area contributed by atoms with Gasteiger partial charge in [0.1, 0.15) is 11.6 Å². The molecule has 2 aromatic rings. The quantitative estimate of drug-likeness (QED) is 0.941. The van der Waals surface area contributed by atoms with Crippen molar-refractivity contribution in [3.63, 3.8) is 0 Å². The third-order valence-corrected chi connectivity index (χ3v) is 4.18. The summed E-state index contributed by atoms with van der Waals surface area (Å²) in [7, 11) is 0. The predicted molar refractivity (Wildman–Crippen MR) is 84.1 cm³/mol. The Balaban J connectivity index is 1.84. The topological polar surface area (TPSA) is 58.4 Å². The zero-order valence-corrected chi connectivity index (χ0v) is 13.3. The van der Waals surface area contributed by atoms with Crippen LogP contribution in [-0.2, 0) is 11.3 Å². The van der Waals surface area contributed by atoms with Gasteiger partial charge in [-0.25, -0.2) is 9.37 Å². The first-order valence-corrected chi connectivity index (χ1v) is 7.83. The SMILES string of the molecule is CCC1C(=O)NCCN1Cc1nc(-c2ccccc2F)oc1C. The van der Waals surface area contributed by atoms with Crippen molar-refractivity contribution >= 4 is 5.91 Å². The van der Waals surface area contributed by atoms with E-state index in [1.165, 1.54) is 6.07 Å². The van der Waals surface area contributed by atoms with E-state index in [1.807, 2.05) is 13.8 Å². The molecular formula is C17H20FN3O2. The molecule has 3 rings (SSSR count). The lowest BCUT2D eigenvalue weighted by molar-refractivity contribution is -0.129. The van der Waals surface area contributed by atoms with Gasteiger partial charge in [-0.1, -0.05) is 19.1 Å². The summed E-state index contributed by atoms with van der Waals surface area (Å²) in [5.41, 5.74) is 1.10. The van der Waals surface area contributed by atoms with Crippen LogP contribution < -0.4 is 5.32 Å². The number of carbonyl (C=O) groups excluding carboxylic acids is 1. The van der Waals surface area contributed by atoms with Gasteiger partial charge in [0.15, 0.2) is 0 Å². The molecule has 1 amide bonds. The summed E-state index contributed by atoms with van der Waals surface area (Å²) in [6.45, 7) is 5.73. The number of rotatable bonds is 4. The minimum Gasteiger partial charge on any atom is -0.441 e. The zero-order chi connectivity index (χ0) is 16.4. The van der Waals surface area contributed by atoms with Gasteiger partial charge in [-0.05, 0) is 25.5 Å². The fourth-order valence-electron chi connectivity index (χ4n) is 2.91. The van der Waals surface area contributed by atoms with Gasteiger partial charge in [0, 0.05) is 19.6 Å². The number of hydrogen-bond donors (Lipinski definition) is 1.